The summed E-state index contributed by atoms with van der Waals surface area (Å²) < 4.78 is 11.8. The van der Waals surface area contributed by atoms with Gasteiger partial charge in [-0.3, -0.25) is 0 Å². The summed E-state index contributed by atoms with van der Waals surface area (Å²) in [6.07, 6.45) is 0. The Morgan fingerprint density at radius 2 is 0.857 bits per heavy atom. The van der Waals surface area contributed by atoms with Crippen LogP contribution < -0.4 is 0 Å². The lowest BCUT2D eigenvalue weighted by molar-refractivity contribution is 0.669. The van der Waals surface area contributed by atoms with Crippen LogP contribution in [0.1, 0.15) is 0 Å². The van der Waals surface area contributed by atoms with Crippen molar-refractivity contribution in [1.82, 2.24) is 24.1 Å². The highest BCUT2D eigenvalue weighted by molar-refractivity contribution is 6.21. The number of fused-ring (bicyclic) bond motifs is 9. The van der Waals surface area contributed by atoms with Gasteiger partial charge in [0.15, 0.2) is 17.5 Å². The molecule has 6 nitrogen and oxygen atoms in total. The summed E-state index contributed by atoms with van der Waals surface area (Å²) >= 11 is 0. The molecule has 294 valence electrons. The monoisotopic (exact) mass is 805 g/mol. The lowest BCUT2D eigenvalue weighted by Gasteiger charge is -2.13. The Kier molecular flexibility index (Phi) is 7.80. The first-order valence-corrected chi connectivity index (χ1v) is 21.2. The van der Waals surface area contributed by atoms with Crippen molar-refractivity contribution in [3.05, 3.63) is 212 Å². The zero-order valence-corrected chi connectivity index (χ0v) is 33.9. The van der Waals surface area contributed by atoms with Crippen molar-refractivity contribution in [2.24, 2.45) is 0 Å². The SMILES string of the molecule is c1ccc(-c2ccc3c(c2)c2cc4c(cc2n3-c2ccc(-c3nc(-c5ccccc5)nc(-c5ccccc5)n3)c3oc5ccccc5c23)c2ccccc2n4-c2ccccc2)cc1. The first-order chi connectivity index (χ1) is 31.2. The summed E-state index contributed by atoms with van der Waals surface area (Å²) in [6, 6.07) is 74.5. The van der Waals surface area contributed by atoms with E-state index in [0.717, 1.165) is 71.9 Å². The summed E-state index contributed by atoms with van der Waals surface area (Å²) in [7, 11) is 0. The molecule has 0 atom stereocenters. The zero-order chi connectivity index (χ0) is 41.4. The first-order valence-electron chi connectivity index (χ1n) is 21.2. The second-order valence-corrected chi connectivity index (χ2v) is 16.0. The van der Waals surface area contributed by atoms with E-state index in [1.165, 1.54) is 32.8 Å². The molecule has 0 fully saturated rings. The molecule has 0 N–H and O–H groups in total. The Bertz CT molecular complexity index is 3830. The molecular formula is C57H35N5O. The maximum absolute atomic E-state index is 6.93. The van der Waals surface area contributed by atoms with Crippen molar-refractivity contribution in [1.29, 1.82) is 0 Å². The fraction of sp³-hybridized carbons (Fsp3) is 0. The fourth-order valence-corrected chi connectivity index (χ4v) is 9.51. The van der Waals surface area contributed by atoms with Crippen molar-refractivity contribution >= 4 is 65.6 Å². The van der Waals surface area contributed by atoms with Gasteiger partial charge in [-0.25, -0.2) is 15.0 Å². The highest BCUT2D eigenvalue weighted by Gasteiger charge is 2.24. The summed E-state index contributed by atoms with van der Waals surface area (Å²) in [5.74, 6) is 1.75. The number of hydrogen-bond acceptors (Lipinski definition) is 4. The first kappa shape index (κ1) is 35.2. The molecule has 4 heterocycles. The molecule has 13 aromatic rings. The Morgan fingerprint density at radius 1 is 0.333 bits per heavy atom. The van der Waals surface area contributed by atoms with Crippen LogP contribution in [-0.2, 0) is 0 Å². The second-order valence-electron chi connectivity index (χ2n) is 16.0. The molecule has 13 rings (SSSR count). The number of para-hydroxylation sites is 3. The van der Waals surface area contributed by atoms with Gasteiger partial charge in [0.25, 0.3) is 0 Å². The lowest BCUT2D eigenvalue weighted by atomic mass is 10.0. The topological polar surface area (TPSA) is 61.7 Å². The van der Waals surface area contributed by atoms with Crippen LogP contribution in [0, 0.1) is 0 Å². The zero-order valence-electron chi connectivity index (χ0n) is 33.9. The molecule has 0 unspecified atom stereocenters. The van der Waals surface area contributed by atoms with Gasteiger partial charge in [0, 0.05) is 43.7 Å². The van der Waals surface area contributed by atoms with Crippen LogP contribution in [0.5, 0.6) is 0 Å². The molecule has 6 heteroatoms. The van der Waals surface area contributed by atoms with Crippen molar-refractivity contribution in [3.63, 3.8) is 0 Å². The van der Waals surface area contributed by atoms with Crippen molar-refractivity contribution in [2.45, 2.75) is 0 Å². The molecule has 0 spiro atoms. The molecule has 0 aliphatic heterocycles. The second kappa shape index (κ2) is 14.0. The number of aromatic nitrogens is 5. The number of rotatable bonds is 6. The maximum atomic E-state index is 6.93. The Hall–Kier alpha value is -8.61. The van der Waals surface area contributed by atoms with Gasteiger partial charge in [0.2, 0.25) is 0 Å². The summed E-state index contributed by atoms with van der Waals surface area (Å²) in [5.41, 5.74) is 13.1. The van der Waals surface area contributed by atoms with Crippen LogP contribution in [0.15, 0.2) is 217 Å². The normalized spacial score (nSPS) is 11.8. The Balaban J connectivity index is 1.13. The molecule has 0 bridgehead atoms. The predicted molar refractivity (Wildman–Crippen MR) is 258 cm³/mol. The molecule has 9 aromatic carbocycles. The van der Waals surface area contributed by atoms with Crippen LogP contribution in [0.3, 0.4) is 0 Å². The van der Waals surface area contributed by atoms with E-state index in [4.69, 9.17) is 19.4 Å². The van der Waals surface area contributed by atoms with E-state index in [0.29, 0.717) is 17.5 Å². The average Bonchev–Trinajstić information content (AvgIpc) is 4.01. The maximum Gasteiger partial charge on any atom is 0.167 e. The van der Waals surface area contributed by atoms with E-state index in [9.17, 15) is 0 Å². The van der Waals surface area contributed by atoms with E-state index in [-0.39, 0.29) is 0 Å². The smallest absolute Gasteiger partial charge is 0.167 e. The van der Waals surface area contributed by atoms with E-state index in [2.05, 4.69) is 149 Å². The third kappa shape index (κ3) is 5.55. The number of hydrogen-bond donors (Lipinski definition) is 0. The summed E-state index contributed by atoms with van der Waals surface area (Å²) in [5, 5.41) is 6.73. The molecule has 4 aromatic heterocycles. The highest BCUT2D eigenvalue weighted by Crippen LogP contribution is 2.45. The number of benzene rings is 9. The predicted octanol–water partition coefficient (Wildman–Crippen LogP) is 14.6. The van der Waals surface area contributed by atoms with Gasteiger partial charge in [-0.2, -0.15) is 0 Å². The Labute approximate surface area is 361 Å². The van der Waals surface area contributed by atoms with Crippen molar-refractivity contribution in [2.75, 3.05) is 0 Å². The fourth-order valence-electron chi connectivity index (χ4n) is 9.51. The lowest BCUT2D eigenvalue weighted by Crippen LogP contribution is -2.01. The molecule has 63 heavy (non-hydrogen) atoms. The van der Waals surface area contributed by atoms with E-state index in [1.807, 2.05) is 72.8 Å². The van der Waals surface area contributed by atoms with Crippen molar-refractivity contribution in [3.8, 4) is 56.7 Å². The number of furan rings is 1. The minimum Gasteiger partial charge on any atom is -0.455 e. The quantitative estimate of drug-likeness (QED) is 0.168. The summed E-state index contributed by atoms with van der Waals surface area (Å²) in [4.78, 5) is 15.3. The van der Waals surface area contributed by atoms with Gasteiger partial charge in [-0.05, 0) is 71.8 Å². The van der Waals surface area contributed by atoms with Crippen LogP contribution in [-0.4, -0.2) is 24.1 Å². The van der Waals surface area contributed by atoms with Crippen LogP contribution >= 0.6 is 0 Å². The van der Waals surface area contributed by atoms with E-state index in [1.54, 1.807) is 0 Å². The van der Waals surface area contributed by atoms with Crippen LogP contribution in [0.4, 0.5) is 0 Å². The number of nitrogens with zero attached hydrogens (tertiary/aromatic N) is 5. The van der Waals surface area contributed by atoms with E-state index < -0.39 is 0 Å². The average molecular weight is 806 g/mol. The van der Waals surface area contributed by atoms with Gasteiger partial charge in [-0.15, -0.1) is 0 Å². The largest absolute Gasteiger partial charge is 0.455 e. The molecular weight excluding hydrogens is 771 g/mol. The van der Waals surface area contributed by atoms with Gasteiger partial charge in [0.05, 0.1) is 38.7 Å². The standard InChI is InChI=1S/C57H35N5O/c1-5-17-36(18-6-1)39-29-31-48-44(33-39)46-35-50-45(41-25-13-15-27-47(41)61(50)40-23-11-4-12-24-40)34-51(46)62(48)49-32-30-43(54-53(49)42-26-14-16-28-52(42)63-54)57-59-55(37-19-7-2-8-20-37)58-56(60-57)38-21-9-3-10-22-38/h1-35H. The van der Waals surface area contributed by atoms with E-state index >= 15 is 0 Å². The minimum atomic E-state index is 0.545. The highest BCUT2D eigenvalue weighted by atomic mass is 16.3. The molecule has 0 aliphatic carbocycles. The molecule has 0 radical (unpaired) electrons. The molecule has 0 aliphatic rings. The molecule has 0 amide bonds. The van der Waals surface area contributed by atoms with Crippen LogP contribution in [0.2, 0.25) is 0 Å². The van der Waals surface area contributed by atoms with Gasteiger partial charge < -0.3 is 13.6 Å². The van der Waals surface area contributed by atoms with Gasteiger partial charge >= 0.3 is 0 Å². The third-order valence-corrected chi connectivity index (χ3v) is 12.4. The minimum absolute atomic E-state index is 0.545. The Morgan fingerprint density at radius 3 is 1.56 bits per heavy atom. The van der Waals surface area contributed by atoms with Gasteiger partial charge in [0.1, 0.15) is 11.2 Å². The third-order valence-electron chi connectivity index (χ3n) is 12.4. The molecule has 0 saturated heterocycles. The van der Waals surface area contributed by atoms with Crippen LogP contribution in [0.25, 0.3) is 122 Å². The van der Waals surface area contributed by atoms with Gasteiger partial charge in [-0.1, -0.05) is 152 Å². The molecule has 0 saturated carbocycles. The summed E-state index contributed by atoms with van der Waals surface area (Å²) in [6.45, 7) is 0. The van der Waals surface area contributed by atoms with Crippen molar-refractivity contribution < 1.29 is 4.42 Å².